The molecule has 3 heterocycles. The van der Waals surface area contributed by atoms with Crippen LogP contribution in [0.5, 0.6) is 0 Å². The van der Waals surface area contributed by atoms with Crippen LogP contribution in [0.15, 0.2) is 60.9 Å². The van der Waals surface area contributed by atoms with E-state index in [9.17, 15) is 17.6 Å². The lowest BCUT2D eigenvalue weighted by atomic mass is 10.00. The minimum Gasteiger partial charge on any atom is -0.367 e. The van der Waals surface area contributed by atoms with Crippen LogP contribution in [0.4, 0.5) is 23.4 Å². The van der Waals surface area contributed by atoms with Gasteiger partial charge in [-0.15, -0.1) is 0 Å². The molecule has 0 unspecified atom stereocenters. The molecule has 0 aliphatic heterocycles. The average molecular weight is 440 g/mol. The molecule has 0 bridgehead atoms. The Morgan fingerprint density at radius 1 is 0.938 bits per heavy atom. The van der Waals surface area contributed by atoms with Crippen molar-refractivity contribution in [3.8, 4) is 22.4 Å². The Balaban J connectivity index is 1.66. The summed E-state index contributed by atoms with van der Waals surface area (Å²) >= 11 is 0. The minimum absolute atomic E-state index is 0.368. The Kier molecular flexibility index (Phi) is 5.07. The van der Waals surface area contributed by atoms with Gasteiger partial charge in [-0.1, -0.05) is 12.8 Å². The van der Waals surface area contributed by atoms with E-state index in [0.29, 0.717) is 34.2 Å². The van der Waals surface area contributed by atoms with Crippen LogP contribution in [0.3, 0.4) is 0 Å². The first-order valence-corrected chi connectivity index (χ1v) is 10.5. The van der Waals surface area contributed by atoms with Crippen molar-refractivity contribution in [2.75, 3.05) is 5.32 Å². The molecule has 0 amide bonds. The van der Waals surface area contributed by atoms with Crippen LogP contribution in [0.2, 0.25) is 0 Å². The van der Waals surface area contributed by atoms with Crippen molar-refractivity contribution in [2.24, 2.45) is 0 Å². The van der Waals surface area contributed by atoms with Crippen molar-refractivity contribution in [2.45, 2.75) is 37.9 Å². The highest BCUT2D eigenvalue weighted by Gasteiger charge is 2.31. The zero-order chi connectivity index (χ0) is 22.3. The summed E-state index contributed by atoms with van der Waals surface area (Å²) in [5, 5.41) is 7.90. The smallest absolute Gasteiger partial charge is 0.367 e. The van der Waals surface area contributed by atoms with Crippen molar-refractivity contribution in [3.63, 3.8) is 0 Å². The largest absolute Gasteiger partial charge is 0.417 e. The maximum absolute atomic E-state index is 13.5. The van der Waals surface area contributed by atoms with Gasteiger partial charge in [0.15, 0.2) is 0 Å². The van der Waals surface area contributed by atoms with E-state index in [1.807, 2.05) is 12.1 Å². The number of anilines is 1. The Labute approximate surface area is 181 Å². The fourth-order valence-corrected chi connectivity index (χ4v) is 4.26. The molecule has 0 spiro atoms. The first-order chi connectivity index (χ1) is 15.4. The highest BCUT2D eigenvalue weighted by Crippen LogP contribution is 2.38. The summed E-state index contributed by atoms with van der Waals surface area (Å²) in [5.41, 5.74) is 2.26. The molecular formula is C24H20F4N4. The van der Waals surface area contributed by atoms with Crippen molar-refractivity contribution < 1.29 is 17.6 Å². The van der Waals surface area contributed by atoms with Crippen molar-refractivity contribution in [3.05, 3.63) is 72.3 Å². The Bertz CT molecular complexity index is 1260. The fourth-order valence-electron chi connectivity index (χ4n) is 4.26. The van der Waals surface area contributed by atoms with Gasteiger partial charge >= 0.3 is 6.18 Å². The molecule has 3 aromatic heterocycles. The summed E-state index contributed by atoms with van der Waals surface area (Å²) in [6.07, 6.45) is 2.71. The first-order valence-electron chi connectivity index (χ1n) is 10.5. The predicted octanol–water partition coefficient (Wildman–Crippen LogP) is 6.58. The summed E-state index contributed by atoms with van der Waals surface area (Å²) < 4.78 is 54.5. The van der Waals surface area contributed by atoms with Crippen LogP contribution >= 0.6 is 0 Å². The Morgan fingerprint density at radius 2 is 1.69 bits per heavy atom. The zero-order valence-electron chi connectivity index (χ0n) is 17.0. The van der Waals surface area contributed by atoms with Gasteiger partial charge in [-0.05, 0) is 66.9 Å². The SMILES string of the molecule is Fc1ccc(-c2nn3cc(C(F)(F)F)ccc3c2-c2ccnc(NC3CCCC3)c2)cc1. The summed E-state index contributed by atoms with van der Waals surface area (Å²) in [4.78, 5) is 4.42. The number of rotatable bonds is 4. The highest BCUT2D eigenvalue weighted by atomic mass is 19.4. The predicted molar refractivity (Wildman–Crippen MR) is 115 cm³/mol. The quantitative estimate of drug-likeness (QED) is 0.365. The molecule has 1 aliphatic carbocycles. The van der Waals surface area contributed by atoms with Gasteiger partial charge in [-0.2, -0.15) is 18.3 Å². The molecule has 4 nitrogen and oxygen atoms in total. The van der Waals surface area contributed by atoms with E-state index in [1.165, 1.54) is 35.6 Å². The molecule has 1 saturated carbocycles. The number of nitrogens with zero attached hydrogens (tertiary/aromatic N) is 3. The molecule has 164 valence electrons. The van der Waals surface area contributed by atoms with Crippen LogP contribution in [0.25, 0.3) is 27.9 Å². The third-order valence-corrected chi connectivity index (χ3v) is 5.83. The zero-order valence-corrected chi connectivity index (χ0v) is 17.0. The molecule has 4 aromatic rings. The minimum atomic E-state index is -4.48. The second kappa shape index (κ2) is 7.93. The summed E-state index contributed by atoms with van der Waals surface area (Å²) in [6.45, 7) is 0. The average Bonchev–Trinajstić information content (AvgIpc) is 3.41. The van der Waals surface area contributed by atoms with Crippen molar-refractivity contribution in [1.29, 1.82) is 0 Å². The molecule has 1 aromatic carbocycles. The van der Waals surface area contributed by atoms with Gasteiger partial charge in [-0.3, -0.25) is 0 Å². The van der Waals surface area contributed by atoms with Gasteiger partial charge in [0.25, 0.3) is 0 Å². The van der Waals surface area contributed by atoms with Crippen molar-refractivity contribution >= 4 is 11.3 Å². The Morgan fingerprint density at radius 3 is 2.41 bits per heavy atom. The highest BCUT2D eigenvalue weighted by molar-refractivity contribution is 5.92. The number of halogens is 4. The number of benzene rings is 1. The van der Waals surface area contributed by atoms with E-state index in [-0.39, 0.29) is 0 Å². The molecule has 1 aliphatic rings. The van der Waals surface area contributed by atoms with Crippen LogP contribution < -0.4 is 5.32 Å². The number of pyridine rings is 2. The molecule has 1 N–H and O–H groups in total. The van der Waals surface area contributed by atoms with E-state index in [1.54, 1.807) is 18.3 Å². The van der Waals surface area contributed by atoms with Gasteiger partial charge in [0.1, 0.15) is 17.3 Å². The summed E-state index contributed by atoms with van der Waals surface area (Å²) in [7, 11) is 0. The molecule has 1 fully saturated rings. The number of nitrogens with one attached hydrogen (secondary N) is 1. The molecule has 5 rings (SSSR count). The van der Waals surface area contributed by atoms with Crippen LogP contribution in [0, 0.1) is 5.82 Å². The maximum atomic E-state index is 13.5. The fraction of sp³-hybridized carbons (Fsp3) is 0.250. The van der Waals surface area contributed by atoms with E-state index in [2.05, 4.69) is 15.4 Å². The summed E-state index contributed by atoms with van der Waals surface area (Å²) in [6, 6.07) is 12.3. The van der Waals surface area contributed by atoms with Gasteiger partial charge in [0.05, 0.1) is 11.1 Å². The van der Waals surface area contributed by atoms with Gasteiger partial charge < -0.3 is 5.32 Å². The van der Waals surface area contributed by atoms with E-state index < -0.39 is 17.6 Å². The van der Waals surface area contributed by atoms with Gasteiger partial charge in [-0.25, -0.2) is 13.9 Å². The van der Waals surface area contributed by atoms with E-state index in [0.717, 1.165) is 30.7 Å². The van der Waals surface area contributed by atoms with Crippen LogP contribution in [-0.2, 0) is 6.18 Å². The number of fused-ring (bicyclic) bond motifs is 1. The summed E-state index contributed by atoms with van der Waals surface area (Å²) in [5.74, 6) is 0.316. The second-order valence-electron chi connectivity index (χ2n) is 8.03. The lowest BCUT2D eigenvalue weighted by Crippen LogP contribution is -2.15. The first kappa shape index (κ1) is 20.5. The number of alkyl halides is 3. The molecule has 0 saturated heterocycles. The van der Waals surface area contributed by atoms with E-state index >= 15 is 0 Å². The molecule has 8 heteroatoms. The number of hydrogen-bond donors (Lipinski definition) is 1. The van der Waals surface area contributed by atoms with E-state index in [4.69, 9.17) is 0 Å². The van der Waals surface area contributed by atoms with Crippen LogP contribution in [-0.4, -0.2) is 20.6 Å². The topological polar surface area (TPSA) is 42.2 Å². The third-order valence-electron chi connectivity index (χ3n) is 5.83. The third kappa shape index (κ3) is 3.92. The van der Waals surface area contributed by atoms with Gasteiger partial charge in [0.2, 0.25) is 0 Å². The standard InChI is InChI=1S/C24H20F4N4/c25-18-8-5-15(6-9-18)23-22(20-10-7-17(24(26,27)28)14-32(20)31-23)16-11-12-29-21(13-16)30-19-3-1-2-4-19/h5-14,19H,1-4H2,(H,29,30). The monoisotopic (exact) mass is 440 g/mol. The molecule has 0 atom stereocenters. The normalized spacial score (nSPS) is 14.9. The number of hydrogen-bond acceptors (Lipinski definition) is 3. The lowest BCUT2D eigenvalue weighted by Gasteiger charge is -2.13. The Hall–Kier alpha value is -3.42. The maximum Gasteiger partial charge on any atom is 0.417 e. The second-order valence-corrected chi connectivity index (χ2v) is 8.03. The molecule has 32 heavy (non-hydrogen) atoms. The molecular weight excluding hydrogens is 420 g/mol. The van der Waals surface area contributed by atoms with Gasteiger partial charge in [0, 0.05) is 29.6 Å². The molecule has 0 radical (unpaired) electrons. The van der Waals surface area contributed by atoms with Crippen LogP contribution in [0.1, 0.15) is 31.2 Å². The number of aromatic nitrogens is 3. The van der Waals surface area contributed by atoms with Crippen molar-refractivity contribution in [1.82, 2.24) is 14.6 Å². The lowest BCUT2D eigenvalue weighted by molar-refractivity contribution is -0.137.